The number of hydrogen-bond donors (Lipinski definition) is 1. The Kier molecular flexibility index (Phi) is 17.6. The fraction of sp³-hybridized carbons (Fsp3) is 0.354. The van der Waals surface area contributed by atoms with Crippen LogP contribution in [0, 0.1) is 17.2 Å². The lowest BCUT2D eigenvalue weighted by atomic mass is 9.88. The lowest BCUT2D eigenvalue weighted by molar-refractivity contribution is -0.266. The van der Waals surface area contributed by atoms with E-state index in [2.05, 4.69) is 0 Å². The summed E-state index contributed by atoms with van der Waals surface area (Å²) in [6.07, 6.45) is 0.148. The van der Waals surface area contributed by atoms with E-state index in [9.17, 15) is 19.2 Å². The van der Waals surface area contributed by atoms with Crippen LogP contribution in [0.2, 0.25) is 0 Å². The minimum Gasteiger partial charge on any atom is -0.464 e. The molecule has 61 heavy (non-hydrogen) atoms. The zero-order valence-electron chi connectivity index (χ0n) is 35.3. The summed E-state index contributed by atoms with van der Waals surface area (Å²) >= 11 is 0. The van der Waals surface area contributed by atoms with Crippen molar-refractivity contribution in [2.24, 2.45) is 5.92 Å². The molecule has 0 unspecified atom stereocenters. The molecule has 1 N–H and O–H groups in total. The fourth-order valence-electron chi connectivity index (χ4n) is 6.60. The number of hydrogen-bond acceptors (Lipinski definition) is 13. The van der Waals surface area contributed by atoms with Gasteiger partial charge in [0, 0.05) is 18.9 Å². The fourth-order valence-corrected chi connectivity index (χ4v) is 6.60. The number of epoxide rings is 1. The number of carbonyl (C=O) groups excluding carboxylic acids is 4. The molecule has 4 atom stereocenters. The van der Waals surface area contributed by atoms with Crippen molar-refractivity contribution >= 4 is 29.3 Å². The molecule has 0 amide bonds. The summed E-state index contributed by atoms with van der Waals surface area (Å²) in [5, 5.41) is 14.9. The summed E-state index contributed by atoms with van der Waals surface area (Å²) < 4.78 is 37.4. The van der Waals surface area contributed by atoms with Crippen molar-refractivity contribution in [3.8, 4) is 6.07 Å². The van der Waals surface area contributed by atoms with Crippen molar-refractivity contribution in [3.63, 3.8) is 0 Å². The first-order chi connectivity index (χ1) is 29.3. The molecule has 0 radical (unpaired) electrons. The zero-order valence-corrected chi connectivity index (χ0v) is 35.3. The molecule has 3 fully saturated rings. The standard InChI is InChI=1S/C17H16O3.C17H16O2.C12H18O6.C2H3NO/c1-2-19-16(18)15-17(20-15,13-9-5-3-6-10-13)14-11-7-4-8-12-14;1-2-19-17(18)13-16(14-9-5-3-6-10-14)15-11-7-4-8-12-15;1-7-5-15-12(6-16-11(3,4)18-12)10(14)9(7)17-8(2)13;3-1-2-4/h3-12,15H,2H2,1H3;3-13H,2H2,1H3;7,9H,5-6H2,1-4H3;4H,2H2/t15-;;7-,9-,12+;/m1.1./s1. The second-order valence-electron chi connectivity index (χ2n) is 14.3. The Morgan fingerprint density at radius 1 is 0.803 bits per heavy atom. The normalized spacial score (nSPS) is 21.2. The third-order valence-electron chi connectivity index (χ3n) is 9.35. The van der Waals surface area contributed by atoms with Crippen LogP contribution in [0.3, 0.4) is 0 Å². The molecule has 4 aromatic rings. The molecule has 4 aromatic carbocycles. The number of carbonyl (C=O) groups is 4. The highest BCUT2D eigenvalue weighted by atomic mass is 16.8. The van der Waals surface area contributed by atoms with Crippen LogP contribution in [0.25, 0.3) is 5.57 Å². The predicted molar refractivity (Wildman–Crippen MR) is 224 cm³/mol. The largest absolute Gasteiger partial charge is 0.464 e. The molecular formula is C48H53NO12. The van der Waals surface area contributed by atoms with Gasteiger partial charge in [0.25, 0.3) is 5.79 Å². The Morgan fingerprint density at radius 2 is 1.28 bits per heavy atom. The van der Waals surface area contributed by atoms with Crippen molar-refractivity contribution in [3.05, 3.63) is 150 Å². The minimum absolute atomic E-state index is 0.0172. The molecule has 322 valence electrons. The summed E-state index contributed by atoms with van der Waals surface area (Å²) in [5.74, 6) is -4.00. The minimum atomic E-state index is -1.43. The van der Waals surface area contributed by atoms with Gasteiger partial charge in [-0.15, -0.1) is 0 Å². The second-order valence-corrected chi connectivity index (χ2v) is 14.3. The maximum Gasteiger partial charge on any atom is 0.339 e. The van der Waals surface area contributed by atoms with Crippen LogP contribution in [0.4, 0.5) is 0 Å². The van der Waals surface area contributed by atoms with Crippen molar-refractivity contribution < 1.29 is 57.4 Å². The lowest BCUT2D eigenvalue weighted by Crippen LogP contribution is -2.58. The number of nitrogens with zero attached hydrogens (tertiary/aromatic N) is 1. The molecule has 13 nitrogen and oxygen atoms in total. The first-order valence-electron chi connectivity index (χ1n) is 19.9. The Bertz CT molecular complexity index is 2020. The van der Waals surface area contributed by atoms with E-state index in [4.69, 9.17) is 43.5 Å². The Hall–Kier alpha value is -6.01. The first kappa shape index (κ1) is 47.7. The van der Waals surface area contributed by atoms with E-state index >= 15 is 0 Å². The molecule has 0 aromatic heterocycles. The van der Waals surface area contributed by atoms with Gasteiger partial charge in [-0.25, -0.2) is 9.59 Å². The van der Waals surface area contributed by atoms with Crippen LogP contribution in [-0.2, 0) is 57.9 Å². The molecule has 0 bridgehead atoms. The monoisotopic (exact) mass is 835 g/mol. The van der Waals surface area contributed by atoms with Gasteiger partial charge in [0.05, 0.1) is 25.9 Å². The maximum atomic E-state index is 12.4. The summed E-state index contributed by atoms with van der Waals surface area (Å²) in [7, 11) is 0. The smallest absolute Gasteiger partial charge is 0.339 e. The maximum absolute atomic E-state index is 12.4. The Balaban J connectivity index is 0.000000193. The molecule has 3 aliphatic rings. The molecule has 7 rings (SSSR count). The summed E-state index contributed by atoms with van der Waals surface area (Å²) in [4.78, 5) is 47.1. The van der Waals surface area contributed by atoms with Gasteiger partial charge >= 0.3 is 17.9 Å². The molecule has 1 spiro atoms. The van der Waals surface area contributed by atoms with Gasteiger partial charge in [-0.05, 0) is 55.5 Å². The summed E-state index contributed by atoms with van der Waals surface area (Å²) in [6.45, 7) is 10.7. The quantitative estimate of drug-likeness (QED) is 0.0619. The number of Topliss-reactive ketones (excluding diaryl/α,β-unsaturated/α-hetero) is 1. The number of rotatable bonds is 9. The lowest BCUT2D eigenvalue weighted by Gasteiger charge is -2.38. The van der Waals surface area contributed by atoms with Crippen LogP contribution >= 0.6 is 0 Å². The number of aliphatic hydroxyl groups is 1. The van der Waals surface area contributed by atoms with E-state index in [0.717, 1.165) is 27.8 Å². The van der Waals surface area contributed by atoms with Crippen LogP contribution in [-0.4, -0.2) is 85.6 Å². The number of benzene rings is 4. The number of ketones is 1. The summed E-state index contributed by atoms with van der Waals surface area (Å²) in [6, 6.07) is 40.8. The highest BCUT2D eigenvalue weighted by Gasteiger charge is 2.64. The van der Waals surface area contributed by atoms with Crippen LogP contribution < -0.4 is 0 Å². The zero-order chi connectivity index (χ0) is 44.5. The van der Waals surface area contributed by atoms with Gasteiger partial charge in [0.15, 0.2) is 23.6 Å². The van der Waals surface area contributed by atoms with Crippen molar-refractivity contribution in [1.29, 1.82) is 5.26 Å². The average Bonchev–Trinajstić information content (AvgIpc) is 3.96. The van der Waals surface area contributed by atoms with Crippen molar-refractivity contribution in [2.75, 3.05) is 33.0 Å². The van der Waals surface area contributed by atoms with Gasteiger partial charge in [-0.2, -0.15) is 5.26 Å². The highest BCUT2D eigenvalue weighted by molar-refractivity contribution is 5.96. The Morgan fingerprint density at radius 3 is 1.69 bits per heavy atom. The predicted octanol–water partition coefficient (Wildman–Crippen LogP) is 6.71. The third-order valence-corrected chi connectivity index (χ3v) is 9.35. The molecule has 3 heterocycles. The van der Waals surface area contributed by atoms with Crippen LogP contribution in [0.15, 0.2) is 127 Å². The van der Waals surface area contributed by atoms with E-state index in [1.807, 2.05) is 121 Å². The van der Waals surface area contributed by atoms with Gasteiger partial charge in [0.2, 0.25) is 5.78 Å². The summed E-state index contributed by atoms with van der Waals surface area (Å²) in [5.41, 5.74) is 4.13. The number of aliphatic hydroxyl groups excluding tert-OH is 1. The Labute approximate surface area is 356 Å². The van der Waals surface area contributed by atoms with E-state index < -0.39 is 35.4 Å². The molecule has 3 saturated heterocycles. The van der Waals surface area contributed by atoms with Gasteiger partial charge in [-0.3, -0.25) is 9.59 Å². The van der Waals surface area contributed by atoms with E-state index in [0.29, 0.717) is 13.2 Å². The number of nitriles is 1. The van der Waals surface area contributed by atoms with Crippen LogP contribution in [0.1, 0.15) is 63.8 Å². The average molecular weight is 836 g/mol. The number of ether oxygens (including phenoxy) is 7. The molecule has 13 heteroatoms. The highest BCUT2D eigenvalue weighted by Crippen LogP contribution is 2.52. The van der Waals surface area contributed by atoms with Gasteiger partial charge < -0.3 is 38.3 Å². The second kappa shape index (κ2) is 22.6. The third kappa shape index (κ3) is 12.7. The van der Waals surface area contributed by atoms with Crippen molar-refractivity contribution in [1.82, 2.24) is 0 Å². The van der Waals surface area contributed by atoms with Gasteiger partial charge in [0.1, 0.15) is 13.2 Å². The van der Waals surface area contributed by atoms with Crippen LogP contribution in [0.5, 0.6) is 0 Å². The first-order valence-corrected chi connectivity index (χ1v) is 19.9. The molecule has 0 saturated carbocycles. The molecule has 3 aliphatic heterocycles. The van der Waals surface area contributed by atoms with E-state index in [1.165, 1.54) is 13.0 Å². The molecule has 0 aliphatic carbocycles. The molecular weight excluding hydrogens is 783 g/mol. The number of esters is 3. The van der Waals surface area contributed by atoms with Gasteiger partial charge in [-0.1, -0.05) is 128 Å². The topological polar surface area (TPSA) is 180 Å². The van der Waals surface area contributed by atoms with Crippen molar-refractivity contribution in [2.45, 2.75) is 70.9 Å². The van der Waals surface area contributed by atoms with E-state index in [1.54, 1.807) is 40.7 Å². The van der Waals surface area contributed by atoms with E-state index in [-0.39, 0.29) is 43.5 Å². The SMILES string of the molecule is CC(=O)O[C@H]1C(=O)[C@@]2(COC(C)(C)O2)OC[C@H]1C.CCOC(=O)C=C(c1ccccc1)c1ccccc1.CCOC(=O)[C@H]1OC1(c1ccccc1)c1ccccc1.N#CCO.